The number of fused-ring (bicyclic) bond motifs is 1. The molecule has 2 N–H and O–H groups in total. The molecule has 33 heavy (non-hydrogen) atoms. The molecule has 0 saturated heterocycles. The van der Waals surface area contributed by atoms with E-state index >= 15 is 0 Å². The number of ether oxygens (including phenoxy) is 1. The third-order valence-electron chi connectivity index (χ3n) is 4.50. The average Bonchev–Trinajstić information content (AvgIpc) is 3.30. The number of carbonyl (C=O) groups is 2. The smallest absolute Gasteiger partial charge is 0.433 e. The molecule has 0 aliphatic rings. The maximum Gasteiger partial charge on any atom is 0.433 e. The number of amides is 3. The van der Waals surface area contributed by atoms with Crippen LogP contribution in [0.3, 0.4) is 0 Å². The number of hydrazine groups is 1. The van der Waals surface area contributed by atoms with E-state index in [1.165, 1.54) is 17.7 Å². The highest BCUT2D eigenvalue weighted by atomic mass is 32.1. The van der Waals surface area contributed by atoms with Crippen molar-refractivity contribution in [3.63, 3.8) is 0 Å². The molecule has 4 rings (SSSR count). The number of nitrogens with one attached hydrogen (secondary N) is 2. The minimum absolute atomic E-state index is 0.143. The summed E-state index contributed by atoms with van der Waals surface area (Å²) >= 11 is 1.22. The van der Waals surface area contributed by atoms with Crippen LogP contribution < -0.4 is 15.8 Å². The molecule has 0 atom stereocenters. The molecule has 9 nitrogen and oxygen atoms in total. The summed E-state index contributed by atoms with van der Waals surface area (Å²) < 4.78 is 5.09. The van der Waals surface area contributed by atoms with Crippen molar-refractivity contribution < 1.29 is 14.3 Å². The van der Waals surface area contributed by atoms with Crippen LogP contribution in [0, 0.1) is 12.3 Å². The third kappa shape index (κ3) is 4.89. The minimum atomic E-state index is -0.735. The Kier molecular flexibility index (Phi) is 6.43. The normalized spacial score (nSPS) is 10.3. The topological polar surface area (TPSA) is 109 Å². The number of para-hydroxylation sites is 1. The number of urea groups is 1. The van der Waals surface area contributed by atoms with E-state index in [4.69, 9.17) is 11.2 Å². The summed E-state index contributed by atoms with van der Waals surface area (Å²) in [5.74, 6) is 2.68. The van der Waals surface area contributed by atoms with Crippen molar-refractivity contribution in [1.29, 1.82) is 0 Å². The van der Waals surface area contributed by atoms with E-state index < -0.39 is 12.1 Å². The highest BCUT2D eigenvalue weighted by molar-refractivity contribution is 7.10. The van der Waals surface area contributed by atoms with Crippen LogP contribution >= 0.6 is 11.3 Å². The van der Waals surface area contributed by atoms with Crippen molar-refractivity contribution in [2.24, 2.45) is 0 Å². The molecule has 164 valence electrons. The fourth-order valence-electron chi connectivity index (χ4n) is 3.08. The zero-order chi connectivity index (χ0) is 23.2. The average molecular weight is 459 g/mol. The first-order valence-electron chi connectivity index (χ1n) is 9.85. The molecule has 0 spiro atoms. The molecule has 2 aromatic carbocycles. The molecular weight excluding hydrogens is 440 g/mol. The van der Waals surface area contributed by atoms with Crippen LogP contribution in [0.1, 0.15) is 11.9 Å². The number of thiazole rings is 1. The maximum atomic E-state index is 12.5. The molecule has 0 fully saturated rings. The molecule has 10 heteroatoms. The molecule has 3 amide bonds. The summed E-state index contributed by atoms with van der Waals surface area (Å²) in [4.78, 5) is 37.5. The number of carbonyl (C=O) groups excluding carboxylic acids is 2. The van der Waals surface area contributed by atoms with Crippen molar-refractivity contribution in [3.8, 4) is 23.5 Å². The van der Waals surface area contributed by atoms with Crippen molar-refractivity contribution in [1.82, 2.24) is 20.4 Å². The van der Waals surface area contributed by atoms with E-state index in [2.05, 4.69) is 31.6 Å². The van der Waals surface area contributed by atoms with Gasteiger partial charge in [-0.2, -0.15) is 5.01 Å². The molecule has 4 aromatic rings. The van der Waals surface area contributed by atoms with Crippen molar-refractivity contribution in [2.75, 3.05) is 16.9 Å². The largest absolute Gasteiger partial charge is 0.448 e. The summed E-state index contributed by atoms with van der Waals surface area (Å²) in [6.45, 7) is 1.82. The first-order valence-corrected chi connectivity index (χ1v) is 10.7. The van der Waals surface area contributed by atoms with Gasteiger partial charge >= 0.3 is 12.1 Å². The number of anilines is 2. The van der Waals surface area contributed by atoms with E-state index in [9.17, 15) is 9.59 Å². The van der Waals surface area contributed by atoms with E-state index in [0.29, 0.717) is 10.7 Å². The summed E-state index contributed by atoms with van der Waals surface area (Å²) in [6, 6.07) is 12.2. The molecule has 0 aliphatic carbocycles. The summed E-state index contributed by atoms with van der Waals surface area (Å²) in [5, 5.41) is 6.51. The first-order chi connectivity index (χ1) is 16.1. The lowest BCUT2D eigenvalue weighted by atomic mass is 10.0. The quantitative estimate of drug-likeness (QED) is 0.346. The van der Waals surface area contributed by atoms with Crippen LogP contribution in [0.15, 0.2) is 60.4 Å². The van der Waals surface area contributed by atoms with Gasteiger partial charge in [0.25, 0.3) is 0 Å². The zero-order valence-electron chi connectivity index (χ0n) is 17.5. The fourth-order valence-corrected chi connectivity index (χ4v) is 3.64. The summed E-state index contributed by atoms with van der Waals surface area (Å²) in [6.07, 6.45) is 7.82. The Morgan fingerprint density at radius 1 is 1.21 bits per heavy atom. The van der Waals surface area contributed by atoms with Crippen LogP contribution in [0.4, 0.5) is 21.1 Å². The number of hydrogen-bond acceptors (Lipinski definition) is 7. The highest BCUT2D eigenvalue weighted by Gasteiger charge is 2.20. The van der Waals surface area contributed by atoms with E-state index in [1.54, 1.807) is 30.6 Å². The molecule has 0 bridgehead atoms. The maximum absolute atomic E-state index is 12.5. The van der Waals surface area contributed by atoms with Crippen LogP contribution in [-0.4, -0.2) is 33.7 Å². The Labute approximate surface area is 193 Å². The van der Waals surface area contributed by atoms with E-state index in [-0.39, 0.29) is 12.4 Å². The van der Waals surface area contributed by atoms with Crippen molar-refractivity contribution in [3.05, 3.63) is 65.4 Å². The van der Waals surface area contributed by atoms with Crippen LogP contribution in [0.25, 0.3) is 22.0 Å². The monoisotopic (exact) mass is 458 g/mol. The predicted octanol–water partition coefficient (Wildman–Crippen LogP) is 4.43. The van der Waals surface area contributed by atoms with Gasteiger partial charge in [-0.1, -0.05) is 30.3 Å². The Morgan fingerprint density at radius 3 is 2.76 bits per heavy atom. The van der Waals surface area contributed by atoms with Gasteiger partial charge in [0.1, 0.15) is 12.1 Å². The van der Waals surface area contributed by atoms with Crippen LogP contribution in [0.2, 0.25) is 0 Å². The molecule has 0 unspecified atom stereocenters. The fraction of sp³-hybridized carbons (Fsp3) is 0.0870. The molecule has 0 saturated carbocycles. The highest BCUT2D eigenvalue weighted by Crippen LogP contribution is 2.28. The van der Waals surface area contributed by atoms with E-state index in [0.717, 1.165) is 27.0 Å². The summed E-state index contributed by atoms with van der Waals surface area (Å²) in [5.41, 5.74) is 5.51. The lowest BCUT2D eigenvalue weighted by Crippen LogP contribution is -2.48. The first kappa shape index (κ1) is 21.7. The Hall–Kier alpha value is -4.49. The second-order valence-electron chi connectivity index (χ2n) is 6.60. The van der Waals surface area contributed by atoms with Gasteiger partial charge in [0, 0.05) is 22.5 Å². The van der Waals surface area contributed by atoms with Gasteiger partial charge in [0.2, 0.25) is 0 Å². The van der Waals surface area contributed by atoms with Gasteiger partial charge in [-0.05, 0) is 30.5 Å². The van der Waals surface area contributed by atoms with Crippen molar-refractivity contribution in [2.45, 2.75) is 6.92 Å². The number of aromatic nitrogens is 3. The SMILES string of the molecule is C#Cc1nc(NC(=O)NN(C(=O)OCC)c2ccc(-c3cccc4cncnc34)cc2)cs1. The lowest BCUT2D eigenvalue weighted by molar-refractivity contribution is 0.156. The van der Waals surface area contributed by atoms with Gasteiger partial charge in [-0.3, -0.25) is 5.32 Å². The molecule has 2 aromatic heterocycles. The van der Waals surface area contributed by atoms with Crippen LogP contribution in [-0.2, 0) is 4.74 Å². The number of hydrogen-bond donors (Lipinski definition) is 2. The lowest BCUT2D eigenvalue weighted by Gasteiger charge is -2.22. The number of benzene rings is 2. The van der Waals surface area contributed by atoms with Crippen molar-refractivity contribution >= 4 is 45.9 Å². The molecule has 0 radical (unpaired) electrons. The molecule has 0 aliphatic heterocycles. The summed E-state index contributed by atoms with van der Waals surface area (Å²) in [7, 11) is 0. The van der Waals surface area contributed by atoms with Gasteiger partial charge in [-0.25, -0.2) is 30.0 Å². The number of rotatable bonds is 4. The molecule has 2 heterocycles. The standard InChI is InChI=1S/C23H18N6O3S/c1-3-20-26-19(13-33-20)27-22(30)28-29(23(31)32-4-2)17-10-8-15(9-11-17)18-7-5-6-16-12-24-14-25-21(16)18/h1,5-14H,4H2,2H3,(H2,27,28,30). The predicted molar refractivity (Wildman–Crippen MR) is 127 cm³/mol. The Balaban J connectivity index is 1.57. The zero-order valence-corrected chi connectivity index (χ0v) is 18.3. The van der Waals surface area contributed by atoms with E-state index in [1.807, 2.05) is 30.3 Å². The third-order valence-corrected chi connectivity index (χ3v) is 5.28. The second-order valence-corrected chi connectivity index (χ2v) is 7.45. The van der Waals surface area contributed by atoms with Gasteiger partial charge in [0.15, 0.2) is 5.01 Å². The number of terminal acetylenes is 1. The molecular formula is C23H18N6O3S. The van der Waals surface area contributed by atoms with Crippen LogP contribution in [0.5, 0.6) is 0 Å². The van der Waals surface area contributed by atoms with Gasteiger partial charge in [-0.15, -0.1) is 17.8 Å². The Morgan fingerprint density at radius 2 is 2.03 bits per heavy atom. The second kappa shape index (κ2) is 9.76. The Bertz CT molecular complexity index is 1340. The minimum Gasteiger partial charge on any atom is -0.448 e. The number of nitrogens with zero attached hydrogens (tertiary/aromatic N) is 4. The van der Waals surface area contributed by atoms with Gasteiger partial charge in [0.05, 0.1) is 17.8 Å². The van der Waals surface area contributed by atoms with Gasteiger partial charge < -0.3 is 4.74 Å².